The molecule has 0 unspecified atom stereocenters. The Morgan fingerprint density at radius 1 is 1.12 bits per heavy atom. The molecular formula is C18H14Cl2N2O2. The van der Waals surface area contributed by atoms with Gasteiger partial charge in [-0.3, -0.25) is 10.1 Å². The lowest BCUT2D eigenvalue weighted by Crippen LogP contribution is -2.29. The molecule has 1 heterocycles. The van der Waals surface area contributed by atoms with Crippen LogP contribution < -0.4 is 5.32 Å². The van der Waals surface area contributed by atoms with Crippen molar-refractivity contribution in [3.63, 3.8) is 0 Å². The van der Waals surface area contributed by atoms with Crippen LogP contribution in [0.1, 0.15) is 29.5 Å². The molecule has 24 heavy (non-hydrogen) atoms. The van der Waals surface area contributed by atoms with E-state index in [1.807, 2.05) is 18.2 Å². The van der Waals surface area contributed by atoms with E-state index in [4.69, 9.17) is 23.2 Å². The Balaban J connectivity index is 1.88. The number of hydrogen-bond acceptors (Lipinski definition) is 3. The zero-order valence-corrected chi connectivity index (χ0v) is 14.1. The van der Waals surface area contributed by atoms with Crippen LogP contribution in [0.5, 0.6) is 0 Å². The lowest BCUT2D eigenvalue weighted by Gasteiger charge is -2.37. The topological polar surface area (TPSA) is 55.2 Å². The van der Waals surface area contributed by atoms with Crippen molar-refractivity contribution in [1.82, 2.24) is 0 Å². The molecule has 2 aromatic carbocycles. The van der Waals surface area contributed by atoms with Crippen LogP contribution in [0.25, 0.3) is 0 Å². The van der Waals surface area contributed by atoms with E-state index in [2.05, 4.69) is 17.5 Å². The van der Waals surface area contributed by atoms with Gasteiger partial charge in [-0.15, -0.1) is 0 Å². The zero-order chi connectivity index (χ0) is 16.8. The summed E-state index contributed by atoms with van der Waals surface area (Å²) < 4.78 is 0. The van der Waals surface area contributed by atoms with Crippen molar-refractivity contribution in [2.24, 2.45) is 5.92 Å². The lowest BCUT2D eigenvalue weighted by atomic mass is 9.77. The summed E-state index contributed by atoms with van der Waals surface area (Å²) in [5.41, 5.74) is 2.52. The Hall–Kier alpha value is -2.04. The number of nitrogens with one attached hydrogen (secondary N) is 1. The van der Waals surface area contributed by atoms with Crippen LogP contribution in [-0.2, 0) is 0 Å². The Morgan fingerprint density at radius 2 is 1.88 bits per heavy atom. The van der Waals surface area contributed by atoms with Crippen LogP contribution in [0.15, 0.2) is 48.6 Å². The predicted molar refractivity (Wildman–Crippen MR) is 95.9 cm³/mol. The van der Waals surface area contributed by atoms with Crippen molar-refractivity contribution in [2.45, 2.75) is 18.4 Å². The second kappa shape index (κ2) is 5.80. The number of hydrogen-bond donors (Lipinski definition) is 1. The van der Waals surface area contributed by atoms with E-state index in [9.17, 15) is 10.1 Å². The lowest BCUT2D eigenvalue weighted by molar-refractivity contribution is -0.384. The fraction of sp³-hybridized carbons (Fsp3) is 0.222. The first-order valence-electron chi connectivity index (χ1n) is 7.72. The molecule has 0 radical (unpaired) electrons. The first-order chi connectivity index (χ1) is 11.6. The van der Waals surface area contributed by atoms with Gasteiger partial charge in [-0.2, -0.15) is 0 Å². The van der Waals surface area contributed by atoms with Gasteiger partial charge in [0.25, 0.3) is 5.69 Å². The van der Waals surface area contributed by atoms with E-state index in [-0.39, 0.29) is 28.5 Å². The monoisotopic (exact) mass is 360 g/mol. The van der Waals surface area contributed by atoms with Gasteiger partial charge in [-0.1, -0.05) is 59.6 Å². The van der Waals surface area contributed by atoms with Crippen LogP contribution in [0, 0.1) is 16.0 Å². The van der Waals surface area contributed by atoms with Crippen LogP contribution in [0.2, 0.25) is 10.0 Å². The number of nitro benzene ring substituents is 1. The number of anilines is 1. The Labute approximate surface area is 149 Å². The molecule has 2 aromatic rings. The van der Waals surface area contributed by atoms with Gasteiger partial charge in [0.1, 0.15) is 5.69 Å². The average molecular weight is 361 g/mol. The van der Waals surface area contributed by atoms with Crippen molar-refractivity contribution < 1.29 is 4.92 Å². The van der Waals surface area contributed by atoms with Crippen LogP contribution in [0.3, 0.4) is 0 Å². The highest BCUT2D eigenvalue weighted by Gasteiger charge is 2.41. The summed E-state index contributed by atoms with van der Waals surface area (Å²) in [4.78, 5) is 11.1. The third-order valence-electron chi connectivity index (χ3n) is 4.89. The number of rotatable bonds is 2. The minimum absolute atomic E-state index is 0.0920. The summed E-state index contributed by atoms with van der Waals surface area (Å²) in [6, 6.07) is 10.6. The molecule has 4 nitrogen and oxygen atoms in total. The minimum Gasteiger partial charge on any atom is -0.372 e. The van der Waals surface area contributed by atoms with Gasteiger partial charge < -0.3 is 5.32 Å². The molecule has 0 spiro atoms. The van der Waals surface area contributed by atoms with Crippen molar-refractivity contribution >= 4 is 34.6 Å². The van der Waals surface area contributed by atoms with Crippen molar-refractivity contribution in [1.29, 1.82) is 0 Å². The molecule has 0 amide bonds. The maximum atomic E-state index is 11.4. The van der Waals surface area contributed by atoms with Crippen LogP contribution in [-0.4, -0.2) is 4.92 Å². The number of benzene rings is 2. The number of nitrogens with zero attached hydrogens (tertiary/aromatic N) is 1. The normalized spacial score (nSPS) is 24.2. The van der Waals surface area contributed by atoms with E-state index in [0.717, 1.165) is 17.5 Å². The molecule has 2 aliphatic rings. The van der Waals surface area contributed by atoms with E-state index >= 15 is 0 Å². The van der Waals surface area contributed by atoms with Gasteiger partial charge in [0, 0.05) is 12.0 Å². The number of fused-ring (bicyclic) bond motifs is 3. The molecule has 3 atom stereocenters. The van der Waals surface area contributed by atoms with Crippen LogP contribution >= 0.6 is 23.2 Å². The molecule has 0 saturated carbocycles. The van der Waals surface area contributed by atoms with E-state index < -0.39 is 0 Å². The second-order valence-electron chi connectivity index (χ2n) is 6.12. The average Bonchev–Trinajstić information content (AvgIpc) is 3.06. The SMILES string of the molecule is O=[N+]([O-])c1cccc2c1N[C@@H](c1cccc(Cl)c1Cl)[C@H]1CC=C[C@H]21. The van der Waals surface area contributed by atoms with Gasteiger partial charge in [-0.25, -0.2) is 0 Å². The van der Waals surface area contributed by atoms with Crippen molar-refractivity contribution in [3.8, 4) is 0 Å². The van der Waals surface area contributed by atoms with E-state index in [1.54, 1.807) is 12.1 Å². The summed E-state index contributed by atoms with van der Waals surface area (Å²) in [5, 5.41) is 15.8. The summed E-state index contributed by atoms with van der Waals surface area (Å²) in [6.45, 7) is 0. The number of halogens is 2. The zero-order valence-electron chi connectivity index (χ0n) is 12.6. The van der Waals surface area contributed by atoms with E-state index in [0.29, 0.717) is 15.7 Å². The smallest absolute Gasteiger partial charge is 0.292 e. The molecule has 1 aliphatic heterocycles. The molecule has 1 aliphatic carbocycles. The van der Waals surface area contributed by atoms with Crippen molar-refractivity contribution in [3.05, 3.63) is 79.8 Å². The van der Waals surface area contributed by atoms with Gasteiger partial charge in [0.05, 0.1) is 21.0 Å². The van der Waals surface area contributed by atoms with Gasteiger partial charge in [0.2, 0.25) is 0 Å². The van der Waals surface area contributed by atoms with Gasteiger partial charge in [0.15, 0.2) is 0 Å². The summed E-state index contributed by atoms with van der Waals surface area (Å²) in [6.07, 6.45) is 5.17. The second-order valence-corrected chi connectivity index (χ2v) is 6.90. The largest absolute Gasteiger partial charge is 0.372 e. The third-order valence-corrected chi connectivity index (χ3v) is 5.72. The molecule has 0 aromatic heterocycles. The summed E-state index contributed by atoms with van der Waals surface area (Å²) >= 11 is 12.6. The van der Waals surface area contributed by atoms with Gasteiger partial charge >= 0.3 is 0 Å². The first-order valence-corrected chi connectivity index (χ1v) is 8.48. The molecule has 0 bridgehead atoms. The number of nitro groups is 1. The molecule has 0 fully saturated rings. The molecule has 1 N–H and O–H groups in total. The minimum atomic E-state index is -0.346. The quantitative estimate of drug-likeness (QED) is 0.422. The highest BCUT2D eigenvalue weighted by Crippen LogP contribution is 2.53. The Kier molecular flexibility index (Phi) is 3.74. The molecular weight excluding hydrogens is 347 g/mol. The summed E-state index contributed by atoms with van der Waals surface area (Å²) in [7, 11) is 0. The van der Waals surface area contributed by atoms with E-state index in [1.165, 1.54) is 6.07 Å². The Morgan fingerprint density at radius 3 is 2.67 bits per heavy atom. The summed E-state index contributed by atoms with van der Waals surface area (Å²) in [5.74, 6) is 0.400. The molecule has 122 valence electrons. The third kappa shape index (κ3) is 2.29. The molecule has 4 rings (SSSR count). The molecule has 6 heteroatoms. The fourth-order valence-electron chi connectivity index (χ4n) is 3.83. The van der Waals surface area contributed by atoms with Crippen molar-refractivity contribution in [2.75, 3.05) is 5.32 Å². The fourth-order valence-corrected chi connectivity index (χ4v) is 4.25. The first kappa shape index (κ1) is 15.5. The maximum absolute atomic E-state index is 11.4. The van der Waals surface area contributed by atoms with Crippen LogP contribution in [0.4, 0.5) is 11.4 Å². The molecule has 0 saturated heterocycles. The Bertz CT molecular complexity index is 866. The standard InChI is InChI=1S/C18H14Cl2N2O2/c19-14-8-2-7-13(16(14)20)17-11-5-1-4-10(11)12-6-3-9-15(22(23)24)18(12)21-17/h1-4,6-11,17,21H,5H2/t10-,11-,17+/m0/s1. The maximum Gasteiger partial charge on any atom is 0.292 e. The number of para-hydroxylation sites is 1. The number of allylic oxidation sites excluding steroid dienone is 2. The highest BCUT2D eigenvalue weighted by molar-refractivity contribution is 6.42. The highest BCUT2D eigenvalue weighted by atomic mass is 35.5. The van der Waals surface area contributed by atoms with Gasteiger partial charge in [-0.05, 0) is 29.5 Å². The predicted octanol–water partition coefficient (Wildman–Crippen LogP) is 5.73.